The quantitative estimate of drug-likeness (QED) is 0.917. The third-order valence-corrected chi connectivity index (χ3v) is 4.53. The van der Waals surface area contributed by atoms with Gasteiger partial charge in [0.05, 0.1) is 12.2 Å². The van der Waals surface area contributed by atoms with Crippen LogP contribution in [0.2, 0.25) is 0 Å². The average Bonchev–Trinajstić information content (AvgIpc) is 2.95. The van der Waals surface area contributed by atoms with E-state index in [1.807, 2.05) is 36.1 Å². The molecule has 0 aliphatic carbocycles. The lowest BCUT2D eigenvalue weighted by Crippen LogP contribution is -2.40. The number of hydrogen-bond acceptors (Lipinski definition) is 4. The summed E-state index contributed by atoms with van der Waals surface area (Å²) < 4.78 is 5.71. The summed E-state index contributed by atoms with van der Waals surface area (Å²) in [6, 6.07) is 9.72. The largest absolute Gasteiger partial charge is 0.456 e. The van der Waals surface area contributed by atoms with Crippen LogP contribution in [0.15, 0.2) is 40.9 Å². The Hall–Kier alpha value is -2.14. The minimum Gasteiger partial charge on any atom is -0.456 e. The lowest BCUT2D eigenvalue weighted by Gasteiger charge is -2.30. The number of aromatic nitrogens is 1. The normalized spacial score (nSPS) is 18.1. The highest BCUT2D eigenvalue weighted by atomic mass is 16.4. The zero-order chi connectivity index (χ0) is 16.8. The van der Waals surface area contributed by atoms with Gasteiger partial charge in [-0.2, -0.15) is 0 Å². The van der Waals surface area contributed by atoms with Gasteiger partial charge in [0.15, 0.2) is 5.76 Å². The molecular formula is C19H25N3O2. The second kappa shape index (κ2) is 8.11. The second-order valence-corrected chi connectivity index (χ2v) is 6.21. The van der Waals surface area contributed by atoms with Crippen molar-refractivity contribution in [3.8, 4) is 0 Å². The molecule has 1 aliphatic rings. The molecule has 0 bridgehead atoms. The molecule has 0 spiro atoms. The third kappa shape index (κ3) is 4.03. The van der Waals surface area contributed by atoms with Crippen LogP contribution in [0.5, 0.6) is 0 Å². The van der Waals surface area contributed by atoms with Gasteiger partial charge in [-0.25, -0.2) is 0 Å². The van der Waals surface area contributed by atoms with Gasteiger partial charge in [-0.1, -0.05) is 13.0 Å². The molecule has 1 amide bonds. The zero-order valence-electron chi connectivity index (χ0n) is 14.2. The van der Waals surface area contributed by atoms with Gasteiger partial charge in [-0.05, 0) is 56.6 Å². The van der Waals surface area contributed by atoms with E-state index in [1.54, 1.807) is 12.3 Å². The molecule has 1 saturated heterocycles. The van der Waals surface area contributed by atoms with Gasteiger partial charge in [-0.3, -0.25) is 9.78 Å². The number of rotatable bonds is 5. The Morgan fingerprint density at radius 3 is 2.96 bits per heavy atom. The topological polar surface area (TPSA) is 58.4 Å². The highest BCUT2D eigenvalue weighted by Crippen LogP contribution is 2.20. The Balaban J connectivity index is 1.83. The zero-order valence-corrected chi connectivity index (χ0v) is 14.2. The van der Waals surface area contributed by atoms with Crippen molar-refractivity contribution in [3.05, 3.63) is 53.7 Å². The number of hydrogen-bond donors (Lipinski definition) is 1. The van der Waals surface area contributed by atoms with Crippen LogP contribution in [0.25, 0.3) is 0 Å². The summed E-state index contributed by atoms with van der Waals surface area (Å²) in [5, 5.41) is 3.41. The smallest absolute Gasteiger partial charge is 0.290 e. The first-order chi connectivity index (χ1) is 11.8. The molecule has 3 heterocycles. The average molecular weight is 327 g/mol. The first-order valence-corrected chi connectivity index (χ1v) is 8.78. The molecule has 1 unspecified atom stereocenters. The van der Waals surface area contributed by atoms with E-state index in [0.29, 0.717) is 12.3 Å². The fourth-order valence-electron chi connectivity index (χ4n) is 3.17. The Bertz CT molecular complexity index is 646. The molecular weight excluding hydrogens is 302 g/mol. The predicted molar refractivity (Wildman–Crippen MR) is 92.7 cm³/mol. The van der Waals surface area contributed by atoms with Gasteiger partial charge in [-0.15, -0.1) is 0 Å². The predicted octanol–water partition coefficient (Wildman–Crippen LogP) is 3.02. The van der Waals surface area contributed by atoms with Gasteiger partial charge in [0, 0.05) is 18.7 Å². The van der Waals surface area contributed by atoms with Crippen molar-refractivity contribution in [1.82, 2.24) is 15.2 Å². The van der Waals surface area contributed by atoms with Crippen LogP contribution >= 0.6 is 0 Å². The number of furan rings is 1. The lowest BCUT2D eigenvalue weighted by molar-refractivity contribution is 0.0608. The van der Waals surface area contributed by atoms with E-state index in [1.165, 1.54) is 0 Å². The van der Waals surface area contributed by atoms with Gasteiger partial charge in [0.2, 0.25) is 0 Å². The molecule has 0 saturated carbocycles. The summed E-state index contributed by atoms with van der Waals surface area (Å²) in [5.41, 5.74) is 0.908. The summed E-state index contributed by atoms with van der Waals surface area (Å²) in [7, 11) is 0. The maximum Gasteiger partial charge on any atom is 0.290 e. The molecule has 128 valence electrons. The monoisotopic (exact) mass is 327 g/mol. The highest BCUT2D eigenvalue weighted by Gasteiger charge is 2.27. The van der Waals surface area contributed by atoms with E-state index in [0.717, 1.165) is 50.2 Å². The Kier molecular flexibility index (Phi) is 5.64. The number of amides is 1. The van der Waals surface area contributed by atoms with Crippen LogP contribution in [0.3, 0.4) is 0 Å². The highest BCUT2D eigenvalue weighted by molar-refractivity contribution is 5.91. The van der Waals surface area contributed by atoms with E-state index < -0.39 is 0 Å². The Morgan fingerprint density at radius 1 is 1.29 bits per heavy atom. The first-order valence-electron chi connectivity index (χ1n) is 8.78. The van der Waals surface area contributed by atoms with Crippen molar-refractivity contribution in [2.75, 3.05) is 13.1 Å². The van der Waals surface area contributed by atoms with Crippen LogP contribution in [0.4, 0.5) is 0 Å². The second-order valence-electron chi connectivity index (χ2n) is 6.21. The molecule has 5 heteroatoms. The molecule has 24 heavy (non-hydrogen) atoms. The van der Waals surface area contributed by atoms with Crippen molar-refractivity contribution >= 4 is 5.91 Å². The summed E-state index contributed by atoms with van der Waals surface area (Å²) in [5.74, 6) is 1.24. The number of aryl methyl sites for hydroxylation is 1. The maximum atomic E-state index is 13.1. The fourth-order valence-corrected chi connectivity index (χ4v) is 3.17. The van der Waals surface area contributed by atoms with Crippen molar-refractivity contribution < 1.29 is 9.21 Å². The van der Waals surface area contributed by atoms with Gasteiger partial charge in [0.1, 0.15) is 5.76 Å². The summed E-state index contributed by atoms with van der Waals surface area (Å²) in [6.07, 6.45) is 5.61. The molecule has 1 N–H and O–H groups in total. The minimum atomic E-state index is -0.0350. The lowest BCUT2D eigenvalue weighted by atomic mass is 10.1. The van der Waals surface area contributed by atoms with Crippen LogP contribution in [-0.2, 0) is 13.0 Å². The van der Waals surface area contributed by atoms with E-state index >= 15 is 0 Å². The van der Waals surface area contributed by atoms with Crippen LogP contribution in [-0.4, -0.2) is 34.9 Å². The minimum absolute atomic E-state index is 0.0350. The van der Waals surface area contributed by atoms with Gasteiger partial charge >= 0.3 is 0 Å². The Labute approximate surface area is 143 Å². The van der Waals surface area contributed by atoms with Crippen LogP contribution < -0.4 is 5.32 Å². The fraction of sp³-hybridized carbons (Fsp3) is 0.474. The molecule has 1 fully saturated rings. The SMILES string of the molecule is CCc1ccc(C(=O)N(Cc2ccccn2)C2CCCNCC2)o1. The Morgan fingerprint density at radius 2 is 2.21 bits per heavy atom. The van der Waals surface area contributed by atoms with E-state index in [4.69, 9.17) is 4.42 Å². The van der Waals surface area contributed by atoms with Crippen LogP contribution in [0.1, 0.15) is 48.2 Å². The van der Waals surface area contributed by atoms with Crippen LogP contribution in [0, 0.1) is 0 Å². The van der Waals surface area contributed by atoms with E-state index in [-0.39, 0.29) is 11.9 Å². The molecule has 0 radical (unpaired) electrons. The standard InChI is InChI=1S/C19H25N3O2/c1-2-17-8-9-18(24-17)19(23)22(14-15-6-3-4-12-21-15)16-7-5-11-20-13-10-16/h3-4,6,8-9,12,16,20H,2,5,7,10-11,13-14H2,1H3. The molecule has 5 nitrogen and oxygen atoms in total. The van der Waals surface area contributed by atoms with Crippen molar-refractivity contribution in [1.29, 1.82) is 0 Å². The molecule has 2 aromatic rings. The number of nitrogens with one attached hydrogen (secondary N) is 1. The molecule has 0 aromatic carbocycles. The first kappa shape index (κ1) is 16.7. The number of carbonyl (C=O) groups is 1. The van der Waals surface area contributed by atoms with Crippen molar-refractivity contribution in [2.45, 2.75) is 45.2 Å². The molecule has 1 aliphatic heterocycles. The molecule has 2 aromatic heterocycles. The van der Waals surface area contributed by atoms with Crippen molar-refractivity contribution in [2.24, 2.45) is 0 Å². The van der Waals surface area contributed by atoms with Crippen molar-refractivity contribution in [3.63, 3.8) is 0 Å². The summed E-state index contributed by atoms with van der Waals surface area (Å²) in [4.78, 5) is 19.4. The molecule has 1 atom stereocenters. The number of carbonyl (C=O) groups excluding carboxylic acids is 1. The van der Waals surface area contributed by atoms with Gasteiger partial charge < -0.3 is 14.6 Å². The molecule has 3 rings (SSSR count). The van der Waals surface area contributed by atoms with E-state index in [2.05, 4.69) is 10.3 Å². The maximum absolute atomic E-state index is 13.1. The van der Waals surface area contributed by atoms with E-state index in [9.17, 15) is 4.79 Å². The number of pyridine rings is 1. The summed E-state index contributed by atoms with van der Waals surface area (Å²) in [6.45, 7) is 4.50. The third-order valence-electron chi connectivity index (χ3n) is 4.53. The number of nitrogens with zero attached hydrogens (tertiary/aromatic N) is 2. The summed E-state index contributed by atoms with van der Waals surface area (Å²) >= 11 is 0. The van der Waals surface area contributed by atoms with Gasteiger partial charge in [0.25, 0.3) is 5.91 Å².